The van der Waals surface area contributed by atoms with Crippen LogP contribution in [0.25, 0.3) is 66.3 Å². The number of fused-ring (bicyclic) bond motifs is 3. The average Bonchev–Trinajstić information content (AvgIpc) is 3.64. The van der Waals surface area contributed by atoms with Crippen LogP contribution in [0.2, 0.25) is 0 Å². The molecule has 0 spiro atoms. The fraction of sp³-hybridized carbons (Fsp3) is 0. The first kappa shape index (κ1) is 15.3. The third kappa shape index (κ3) is 2.89. The van der Waals surface area contributed by atoms with E-state index in [1.807, 2.05) is 91.0 Å². The Morgan fingerprint density at radius 2 is 1.26 bits per heavy atom. The smallest absolute Gasteiger partial charge is 0.170 e. The van der Waals surface area contributed by atoms with Crippen LogP contribution in [0.1, 0.15) is 5.48 Å². The van der Waals surface area contributed by atoms with Gasteiger partial charge in [0.2, 0.25) is 0 Å². The molecule has 2 aromatic heterocycles. The lowest BCUT2D eigenvalue weighted by Crippen LogP contribution is -1.90. The first-order chi connectivity index (χ1) is 18.5. The lowest BCUT2D eigenvalue weighted by atomic mass is 9.86. The molecule has 2 nitrogen and oxygen atoms in total. The van der Waals surface area contributed by atoms with Crippen molar-refractivity contribution in [2.45, 2.75) is 0 Å². The number of hydrogen-bond acceptors (Lipinski definition) is 2. The molecule has 0 N–H and O–H groups in total. The van der Waals surface area contributed by atoms with Gasteiger partial charge in [-0.3, -0.25) is 0 Å². The van der Waals surface area contributed by atoms with E-state index in [9.17, 15) is 0 Å². The molecule has 0 radical (unpaired) electrons. The van der Waals surface area contributed by atoms with Gasteiger partial charge in [0, 0.05) is 5.39 Å². The van der Waals surface area contributed by atoms with Crippen LogP contribution in [-0.4, -0.2) is 0 Å². The Morgan fingerprint density at radius 3 is 1.97 bits per heavy atom. The highest BCUT2D eigenvalue weighted by Crippen LogP contribution is 2.44. The minimum Gasteiger partial charge on any atom is -0.461 e. The Morgan fingerprint density at radius 1 is 0.559 bits per heavy atom. The zero-order valence-electron chi connectivity index (χ0n) is 22.1. The first-order valence-electron chi connectivity index (χ1n) is 13.1. The number of furan rings is 2. The van der Waals surface area contributed by atoms with E-state index in [0.29, 0.717) is 27.9 Å². The first-order valence-corrected chi connectivity index (χ1v) is 11.1. The molecule has 2 heteroatoms. The monoisotopic (exact) mass is 440 g/mol. The highest BCUT2D eigenvalue weighted by molar-refractivity contribution is 6.21. The quantitative estimate of drug-likeness (QED) is 0.256. The summed E-state index contributed by atoms with van der Waals surface area (Å²) in [6.07, 6.45) is 1.60. The van der Waals surface area contributed by atoms with Crippen LogP contribution in [0, 0.1) is 0 Å². The van der Waals surface area contributed by atoms with Gasteiger partial charge in [0.1, 0.15) is 5.58 Å². The largest absolute Gasteiger partial charge is 0.461 e. The minimum atomic E-state index is -0.248. The molecule has 7 rings (SSSR count). The molecule has 160 valence electrons. The molecule has 0 unspecified atom stereocenters. The van der Waals surface area contributed by atoms with Crippen molar-refractivity contribution in [1.82, 2.24) is 0 Å². The van der Waals surface area contributed by atoms with E-state index in [-0.39, 0.29) is 24.2 Å². The van der Waals surface area contributed by atoms with Gasteiger partial charge in [-0.25, -0.2) is 0 Å². The van der Waals surface area contributed by atoms with Gasteiger partial charge in [-0.15, -0.1) is 0 Å². The summed E-state index contributed by atoms with van der Waals surface area (Å²) in [5.74, 6) is 1.26. The Kier molecular flexibility index (Phi) is 3.38. The zero-order valence-corrected chi connectivity index (χ0v) is 18.1. The minimum absolute atomic E-state index is 0.0450. The zero-order chi connectivity index (χ0) is 26.0. The van der Waals surface area contributed by atoms with Gasteiger partial charge in [0.25, 0.3) is 0 Å². The summed E-state index contributed by atoms with van der Waals surface area (Å²) >= 11 is 0. The second kappa shape index (κ2) is 7.50. The Balaban J connectivity index is 1.64. The Hall–Kier alpha value is -4.56. The SMILES string of the molecule is [2H]c1c([2H])c([2H])c2c(-c3ccc4oc(-c5ccco5)cc4c3)c3ccccc3c(-c3ccccc3)c2c1[2H]. The summed E-state index contributed by atoms with van der Waals surface area (Å²) in [7, 11) is 0. The molecule has 0 aliphatic rings. The van der Waals surface area contributed by atoms with E-state index in [4.69, 9.17) is 14.3 Å². The summed E-state index contributed by atoms with van der Waals surface area (Å²) in [6.45, 7) is 0. The van der Waals surface area contributed by atoms with Crippen molar-refractivity contribution in [3.8, 4) is 33.8 Å². The van der Waals surface area contributed by atoms with Gasteiger partial charge >= 0.3 is 0 Å². The fourth-order valence-electron chi connectivity index (χ4n) is 4.82. The van der Waals surface area contributed by atoms with E-state index >= 15 is 0 Å². The molecular weight excluding hydrogens is 416 g/mol. The molecule has 0 amide bonds. The van der Waals surface area contributed by atoms with Crippen LogP contribution in [0.3, 0.4) is 0 Å². The molecule has 0 saturated heterocycles. The lowest BCUT2D eigenvalue weighted by Gasteiger charge is -2.17. The molecule has 34 heavy (non-hydrogen) atoms. The third-order valence-corrected chi connectivity index (χ3v) is 6.28. The normalized spacial score (nSPS) is 13.2. The number of rotatable bonds is 3. The second-order valence-corrected chi connectivity index (χ2v) is 8.25. The predicted molar refractivity (Wildman–Crippen MR) is 140 cm³/mol. The molecule has 5 aromatic carbocycles. The van der Waals surface area contributed by atoms with Crippen LogP contribution in [-0.2, 0) is 0 Å². The van der Waals surface area contributed by atoms with E-state index in [1.165, 1.54) is 0 Å². The summed E-state index contributed by atoms with van der Waals surface area (Å²) < 4.78 is 46.4. The summed E-state index contributed by atoms with van der Waals surface area (Å²) in [5.41, 5.74) is 4.02. The molecule has 0 aliphatic carbocycles. The van der Waals surface area contributed by atoms with E-state index < -0.39 is 0 Å². The van der Waals surface area contributed by atoms with Crippen molar-refractivity contribution < 1.29 is 14.3 Å². The van der Waals surface area contributed by atoms with Crippen molar-refractivity contribution in [3.63, 3.8) is 0 Å². The fourth-order valence-corrected chi connectivity index (χ4v) is 4.82. The Bertz CT molecular complexity index is 2010. The Labute approximate surface area is 202 Å². The van der Waals surface area contributed by atoms with Gasteiger partial charge < -0.3 is 8.83 Å². The third-order valence-electron chi connectivity index (χ3n) is 6.28. The van der Waals surface area contributed by atoms with Crippen molar-refractivity contribution >= 4 is 32.5 Å². The van der Waals surface area contributed by atoms with Crippen molar-refractivity contribution in [2.24, 2.45) is 0 Å². The molecule has 2 heterocycles. The summed E-state index contributed by atoms with van der Waals surface area (Å²) in [4.78, 5) is 0. The van der Waals surface area contributed by atoms with Gasteiger partial charge in [-0.2, -0.15) is 0 Å². The standard InChI is InChI=1S/C32H20O2/c1-2-9-21(10-3-1)31-24-11-4-6-13-26(24)32(27-14-7-5-12-25(27)31)22-16-17-28-23(19-22)20-30(34-28)29-15-8-18-33-29/h1-20H/i4D,6D,11D,13D. The van der Waals surface area contributed by atoms with Gasteiger partial charge in [-0.05, 0) is 74.1 Å². The summed E-state index contributed by atoms with van der Waals surface area (Å²) in [6, 6.07) is 28.6. The maximum Gasteiger partial charge on any atom is 0.170 e. The van der Waals surface area contributed by atoms with Crippen LogP contribution >= 0.6 is 0 Å². The van der Waals surface area contributed by atoms with Gasteiger partial charge in [-0.1, -0.05) is 84.8 Å². The van der Waals surface area contributed by atoms with E-state index in [2.05, 4.69) is 0 Å². The molecule has 0 saturated carbocycles. The molecule has 0 aliphatic heterocycles. The van der Waals surface area contributed by atoms with Crippen LogP contribution in [0.15, 0.2) is 130 Å². The molecule has 7 aromatic rings. The second-order valence-electron chi connectivity index (χ2n) is 8.25. The molecular formula is C32H20O2. The molecule has 0 bridgehead atoms. The van der Waals surface area contributed by atoms with E-state index in [1.54, 1.807) is 6.26 Å². The van der Waals surface area contributed by atoms with Crippen molar-refractivity contribution in [1.29, 1.82) is 0 Å². The highest BCUT2D eigenvalue weighted by Gasteiger charge is 2.17. The average molecular weight is 441 g/mol. The highest BCUT2D eigenvalue weighted by atomic mass is 16.4. The van der Waals surface area contributed by atoms with Gasteiger partial charge in [0.15, 0.2) is 11.5 Å². The predicted octanol–water partition coefficient (Wildman–Crippen LogP) is 9.33. The molecule has 0 fully saturated rings. The number of benzene rings is 5. The van der Waals surface area contributed by atoms with Crippen molar-refractivity contribution in [3.05, 3.63) is 121 Å². The molecule has 0 atom stereocenters. The maximum atomic E-state index is 8.99. The van der Waals surface area contributed by atoms with E-state index in [0.717, 1.165) is 38.4 Å². The van der Waals surface area contributed by atoms with Gasteiger partial charge in [0.05, 0.1) is 11.7 Å². The van der Waals surface area contributed by atoms with Crippen LogP contribution in [0.4, 0.5) is 0 Å². The van der Waals surface area contributed by atoms with Crippen molar-refractivity contribution in [2.75, 3.05) is 0 Å². The lowest BCUT2D eigenvalue weighted by molar-refractivity contribution is 0.542. The topological polar surface area (TPSA) is 26.3 Å². The van der Waals surface area contributed by atoms with Crippen LogP contribution in [0.5, 0.6) is 0 Å². The summed E-state index contributed by atoms with van der Waals surface area (Å²) in [5, 5.41) is 3.73. The van der Waals surface area contributed by atoms with Crippen LogP contribution < -0.4 is 0 Å². The maximum absolute atomic E-state index is 8.99. The number of hydrogen-bond donors (Lipinski definition) is 0.